The second-order valence-electron chi connectivity index (χ2n) is 5.03. The van der Waals surface area contributed by atoms with E-state index in [-0.39, 0.29) is 11.9 Å². The minimum Gasteiger partial charge on any atom is -0.327 e. The summed E-state index contributed by atoms with van der Waals surface area (Å²) in [5, 5.41) is 0. The summed E-state index contributed by atoms with van der Waals surface area (Å²) in [7, 11) is 0. The van der Waals surface area contributed by atoms with Gasteiger partial charge in [0, 0.05) is 28.7 Å². The number of rotatable bonds is 6. The molecule has 0 bridgehead atoms. The van der Waals surface area contributed by atoms with Crippen molar-refractivity contribution in [3.8, 4) is 0 Å². The monoisotopic (exact) mass is 305 g/mol. The Morgan fingerprint density at radius 2 is 1.95 bits per heavy atom. The maximum absolute atomic E-state index is 12.9. The Kier molecular flexibility index (Phi) is 5.70. The quantitative estimate of drug-likeness (QED) is 0.830. The van der Waals surface area contributed by atoms with Gasteiger partial charge in [-0.05, 0) is 43.7 Å². The minimum atomic E-state index is -0.220. The summed E-state index contributed by atoms with van der Waals surface area (Å²) in [6.07, 6.45) is 1.71. The molecule has 21 heavy (non-hydrogen) atoms. The molecule has 1 unspecified atom stereocenters. The van der Waals surface area contributed by atoms with Crippen LogP contribution in [0.15, 0.2) is 35.2 Å². The van der Waals surface area contributed by atoms with Gasteiger partial charge in [0.15, 0.2) is 0 Å². The first kappa shape index (κ1) is 15.9. The van der Waals surface area contributed by atoms with Gasteiger partial charge in [0.2, 0.25) is 0 Å². The Bertz CT molecular complexity index is 587. The van der Waals surface area contributed by atoms with Crippen LogP contribution in [0.1, 0.15) is 30.6 Å². The number of nitrogens with two attached hydrogens (primary N) is 1. The zero-order valence-corrected chi connectivity index (χ0v) is 13.2. The van der Waals surface area contributed by atoms with E-state index in [4.69, 9.17) is 5.73 Å². The molecule has 2 N–H and O–H groups in total. The number of thioether (sulfide) groups is 1. The van der Waals surface area contributed by atoms with E-state index < -0.39 is 0 Å². The highest BCUT2D eigenvalue weighted by atomic mass is 32.2. The lowest BCUT2D eigenvalue weighted by Crippen LogP contribution is -2.22. The Hall–Kier alpha value is -1.46. The molecule has 0 aliphatic heterocycles. The predicted molar refractivity (Wildman–Crippen MR) is 84.7 cm³/mol. The zero-order chi connectivity index (χ0) is 15.2. The second-order valence-corrected chi connectivity index (χ2v) is 6.08. The summed E-state index contributed by atoms with van der Waals surface area (Å²) < 4.78 is 12.9. The van der Waals surface area contributed by atoms with Crippen molar-refractivity contribution in [3.05, 3.63) is 53.4 Å². The molecule has 1 heterocycles. The third kappa shape index (κ3) is 5.10. The van der Waals surface area contributed by atoms with Crippen LogP contribution in [0.2, 0.25) is 0 Å². The molecular weight excluding hydrogens is 285 g/mol. The summed E-state index contributed by atoms with van der Waals surface area (Å²) in [6.45, 7) is 4.04. The highest BCUT2D eigenvalue weighted by molar-refractivity contribution is 7.98. The lowest BCUT2D eigenvalue weighted by molar-refractivity contribution is 0.626. The fourth-order valence-corrected chi connectivity index (χ4v) is 2.71. The molecule has 0 aliphatic carbocycles. The van der Waals surface area contributed by atoms with Crippen molar-refractivity contribution in [2.45, 2.75) is 43.4 Å². The van der Waals surface area contributed by atoms with E-state index in [9.17, 15) is 4.39 Å². The van der Waals surface area contributed by atoms with Gasteiger partial charge in [0.05, 0.1) is 5.75 Å². The SMILES string of the molecule is CCC(N)Cc1cc(C)nc(CSc2ccc(F)cc2)n1. The number of hydrogen-bond acceptors (Lipinski definition) is 4. The number of hydrogen-bond donors (Lipinski definition) is 1. The standard InChI is InChI=1S/C16H20FN3S/c1-3-13(18)9-14-8-11(2)19-16(20-14)10-21-15-6-4-12(17)5-7-15/h4-8,13H,3,9-10,18H2,1-2H3. The van der Waals surface area contributed by atoms with Crippen LogP contribution in [-0.4, -0.2) is 16.0 Å². The lowest BCUT2D eigenvalue weighted by Gasteiger charge is -2.10. The van der Waals surface area contributed by atoms with Gasteiger partial charge in [-0.1, -0.05) is 6.92 Å². The van der Waals surface area contributed by atoms with Crippen LogP contribution in [-0.2, 0) is 12.2 Å². The normalized spacial score (nSPS) is 12.4. The average molecular weight is 305 g/mol. The van der Waals surface area contributed by atoms with Crippen LogP contribution in [0.4, 0.5) is 4.39 Å². The van der Waals surface area contributed by atoms with Crippen LogP contribution in [0, 0.1) is 12.7 Å². The molecule has 112 valence electrons. The van der Waals surface area contributed by atoms with Crippen molar-refractivity contribution < 1.29 is 4.39 Å². The van der Waals surface area contributed by atoms with Gasteiger partial charge >= 0.3 is 0 Å². The maximum atomic E-state index is 12.9. The number of aryl methyl sites for hydroxylation is 1. The van der Waals surface area contributed by atoms with Crippen molar-refractivity contribution in [2.75, 3.05) is 0 Å². The van der Waals surface area contributed by atoms with Gasteiger partial charge in [0.25, 0.3) is 0 Å². The van der Waals surface area contributed by atoms with E-state index in [2.05, 4.69) is 16.9 Å². The summed E-state index contributed by atoms with van der Waals surface area (Å²) >= 11 is 1.60. The van der Waals surface area contributed by atoms with Crippen molar-refractivity contribution in [3.63, 3.8) is 0 Å². The zero-order valence-electron chi connectivity index (χ0n) is 12.3. The molecule has 0 aliphatic rings. The van der Waals surface area contributed by atoms with Gasteiger partial charge in [0.1, 0.15) is 11.6 Å². The van der Waals surface area contributed by atoms with Gasteiger partial charge in [-0.3, -0.25) is 0 Å². The van der Waals surface area contributed by atoms with E-state index in [0.29, 0.717) is 5.75 Å². The molecule has 0 radical (unpaired) electrons. The van der Waals surface area contributed by atoms with E-state index in [1.165, 1.54) is 12.1 Å². The molecule has 1 aromatic carbocycles. The van der Waals surface area contributed by atoms with Gasteiger partial charge < -0.3 is 5.73 Å². The molecule has 0 fully saturated rings. The first-order valence-corrected chi connectivity index (χ1v) is 8.02. The summed E-state index contributed by atoms with van der Waals surface area (Å²) in [5.41, 5.74) is 7.93. The summed E-state index contributed by atoms with van der Waals surface area (Å²) in [4.78, 5) is 10.0. The van der Waals surface area contributed by atoms with Crippen molar-refractivity contribution in [2.24, 2.45) is 5.73 Å². The molecule has 3 nitrogen and oxygen atoms in total. The van der Waals surface area contributed by atoms with E-state index in [0.717, 1.165) is 34.9 Å². The van der Waals surface area contributed by atoms with Crippen LogP contribution in [0.25, 0.3) is 0 Å². The Balaban J connectivity index is 2.04. The fourth-order valence-electron chi connectivity index (χ4n) is 1.96. The third-order valence-corrected chi connectivity index (χ3v) is 4.14. The fraction of sp³-hybridized carbons (Fsp3) is 0.375. The van der Waals surface area contributed by atoms with Crippen molar-refractivity contribution in [1.82, 2.24) is 9.97 Å². The molecular formula is C16H20FN3S. The highest BCUT2D eigenvalue weighted by Gasteiger charge is 2.07. The Morgan fingerprint density at radius 3 is 2.62 bits per heavy atom. The highest BCUT2D eigenvalue weighted by Crippen LogP contribution is 2.21. The Labute approximate surface area is 129 Å². The number of nitrogens with zero attached hydrogens (tertiary/aromatic N) is 2. The minimum absolute atomic E-state index is 0.136. The van der Waals surface area contributed by atoms with Crippen LogP contribution < -0.4 is 5.73 Å². The van der Waals surface area contributed by atoms with Gasteiger partial charge in [-0.2, -0.15) is 0 Å². The van der Waals surface area contributed by atoms with E-state index >= 15 is 0 Å². The van der Waals surface area contributed by atoms with Crippen LogP contribution in [0.3, 0.4) is 0 Å². The molecule has 0 saturated heterocycles. The van der Waals surface area contributed by atoms with Crippen molar-refractivity contribution in [1.29, 1.82) is 0 Å². The first-order valence-electron chi connectivity index (χ1n) is 7.04. The maximum Gasteiger partial charge on any atom is 0.139 e. The van der Waals surface area contributed by atoms with E-state index in [1.807, 2.05) is 13.0 Å². The topological polar surface area (TPSA) is 51.8 Å². The summed E-state index contributed by atoms with van der Waals surface area (Å²) in [5.74, 6) is 1.24. The summed E-state index contributed by atoms with van der Waals surface area (Å²) in [6, 6.07) is 8.59. The van der Waals surface area contributed by atoms with E-state index in [1.54, 1.807) is 23.9 Å². The number of aromatic nitrogens is 2. The van der Waals surface area contributed by atoms with Crippen molar-refractivity contribution >= 4 is 11.8 Å². The molecule has 0 saturated carbocycles. The third-order valence-electron chi connectivity index (χ3n) is 3.13. The smallest absolute Gasteiger partial charge is 0.139 e. The molecule has 0 spiro atoms. The van der Waals surface area contributed by atoms with Gasteiger partial charge in [-0.15, -0.1) is 11.8 Å². The molecule has 2 rings (SSSR count). The number of halogens is 1. The number of benzene rings is 1. The molecule has 1 aromatic heterocycles. The van der Waals surface area contributed by atoms with Gasteiger partial charge in [-0.25, -0.2) is 14.4 Å². The first-order chi connectivity index (χ1) is 10.1. The molecule has 1 atom stereocenters. The molecule has 5 heteroatoms. The Morgan fingerprint density at radius 1 is 1.24 bits per heavy atom. The molecule has 2 aromatic rings. The largest absolute Gasteiger partial charge is 0.327 e. The van der Waals surface area contributed by atoms with Crippen LogP contribution >= 0.6 is 11.8 Å². The predicted octanol–water partition coefficient (Wildman–Crippen LogP) is 3.50. The molecule has 0 amide bonds. The average Bonchev–Trinajstić information content (AvgIpc) is 2.46. The van der Waals surface area contributed by atoms with Crippen LogP contribution in [0.5, 0.6) is 0 Å². The second kappa shape index (κ2) is 7.52. The lowest BCUT2D eigenvalue weighted by atomic mass is 10.1.